The molecule has 0 radical (unpaired) electrons. The number of nitrogens with zero attached hydrogens (tertiary/aromatic N) is 1. The average molecular weight is 331 g/mol. The molecule has 7 heteroatoms. The highest BCUT2D eigenvalue weighted by molar-refractivity contribution is 7.11. The van der Waals surface area contributed by atoms with Gasteiger partial charge in [-0.2, -0.15) is 5.10 Å². The van der Waals surface area contributed by atoms with Gasteiger partial charge < -0.3 is 10.1 Å². The Hall–Kier alpha value is -2.67. The second-order valence-electron chi connectivity index (χ2n) is 4.55. The number of hydrazone groups is 1. The number of ether oxygens (including phenoxy) is 1. The fourth-order valence-electron chi connectivity index (χ4n) is 1.75. The highest BCUT2D eigenvalue weighted by atomic mass is 32.1. The van der Waals surface area contributed by atoms with Crippen LogP contribution in [-0.2, 0) is 9.59 Å². The molecule has 0 bridgehead atoms. The van der Waals surface area contributed by atoms with Crippen molar-refractivity contribution in [1.82, 2.24) is 5.43 Å². The maximum Gasteiger partial charge on any atom is 0.329 e. The molecule has 6 nitrogen and oxygen atoms in total. The van der Waals surface area contributed by atoms with Crippen molar-refractivity contribution in [3.05, 3.63) is 46.2 Å². The van der Waals surface area contributed by atoms with Crippen LogP contribution >= 0.6 is 11.3 Å². The minimum absolute atomic E-state index is 0.438. The van der Waals surface area contributed by atoms with E-state index in [1.165, 1.54) is 17.6 Å². The number of rotatable bonds is 5. The van der Waals surface area contributed by atoms with E-state index in [9.17, 15) is 9.59 Å². The number of anilines is 1. The quantitative estimate of drug-likeness (QED) is 0.502. The lowest BCUT2D eigenvalue weighted by Crippen LogP contribution is -2.32. The Bertz CT molecular complexity index is 725. The second kappa shape index (κ2) is 8.09. The first-order valence-corrected chi connectivity index (χ1v) is 7.90. The second-order valence-corrected chi connectivity index (χ2v) is 5.50. The summed E-state index contributed by atoms with van der Waals surface area (Å²) in [5.74, 6) is -1.15. The first-order chi connectivity index (χ1) is 11.1. The summed E-state index contributed by atoms with van der Waals surface area (Å²) in [6, 6.07) is 8.86. The summed E-state index contributed by atoms with van der Waals surface area (Å²) in [5, 5.41) is 8.22. The number of carbonyl (C=O) groups excluding carboxylic acids is 2. The van der Waals surface area contributed by atoms with Gasteiger partial charge in [0.25, 0.3) is 0 Å². The first kappa shape index (κ1) is 16.7. The van der Waals surface area contributed by atoms with Crippen molar-refractivity contribution in [1.29, 1.82) is 0 Å². The molecule has 2 aromatic rings. The van der Waals surface area contributed by atoms with Crippen molar-refractivity contribution in [2.45, 2.75) is 13.8 Å². The molecule has 120 valence electrons. The van der Waals surface area contributed by atoms with Crippen molar-refractivity contribution >= 4 is 35.1 Å². The van der Waals surface area contributed by atoms with Crippen LogP contribution in [0.15, 0.2) is 40.8 Å². The van der Waals surface area contributed by atoms with E-state index in [4.69, 9.17) is 4.74 Å². The van der Waals surface area contributed by atoms with E-state index in [-0.39, 0.29) is 0 Å². The number of aryl methyl sites for hydroxylation is 1. The van der Waals surface area contributed by atoms with Gasteiger partial charge in [-0.25, -0.2) is 5.43 Å². The van der Waals surface area contributed by atoms with E-state index >= 15 is 0 Å². The van der Waals surface area contributed by atoms with Gasteiger partial charge in [0.1, 0.15) is 5.75 Å². The Morgan fingerprint density at radius 1 is 1.26 bits per heavy atom. The molecular formula is C16H17N3O3S. The molecule has 2 N–H and O–H groups in total. The summed E-state index contributed by atoms with van der Waals surface area (Å²) in [4.78, 5) is 24.6. The zero-order valence-electron chi connectivity index (χ0n) is 12.8. The van der Waals surface area contributed by atoms with Crippen LogP contribution in [0.5, 0.6) is 5.75 Å². The molecule has 2 rings (SSSR count). The number of hydrogen-bond acceptors (Lipinski definition) is 5. The van der Waals surface area contributed by atoms with Gasteiger partial charge in [-0.05, 0) is 43.0 Å². The van der Waals surface area contributed by atoms with E-state index in [1.807, 2.05) is 25.3 Å². The zero-order valence-corrected chi connectivity index (χ0v) is 13.6. The summed E-state index contributed by atoms with van der Waals surface area (Å²) in [6.07, 6.45) is 1.51. The number of benzene rings is 1. The topological polar surface area (TPSA) is 79.8 Å². The molecule has 1 heterocycles. The fourth-order valence-corrected chi connectivity index (χ4v) is 2.53. The van der Waals surface area contributed by atoms with Crippen molar-refractivity contribution in [3.8, 4) is 5.75 Å². The van der Waals surface area contributed by atoms with E-state index in [0.717, 1.165) is 10.4 Å². The molecule has 0 fully saturated rings. The van der Waals surface area contributed by atoms with Gasteiger partial charge in [-0.1, -0.05) is 12.1 Å². The number of thiophene rings is 1. The highest BCUT2D eigenvalue weighted by Gasteiger charge is 2.15. The van der Waals surface area contributed by atoms with Crippen LogP contribution in [0.4, 0.5) is 5.69 Å². The zero-order chi connectivity index (χ0) is 16.7. The summed E-state index contributed by atoms with van der Waals surface area (Å²) in [7, 11) is 0. The van der Waals surface area contributed by atoms with Gasteiger partial charge in [-0.3, -0.25) is 9.59 Å². The molecule has 2 amide bonds. The molecule has 1 aromatic carbocycles. The molecule has 0 saturated carbocycles. The Kier molecular flexibility index (Phi) is 5.87. The normalized spacial score (nSPS) is 10.5. The largest absolute Gasteiger partial charge is 0.492 e. The third-order valence-corrected chi connectivity index (χ3v) is 3.84. The van der Waals surface area contributed by atoms with Gasteiger partial charge in [0.15, 0.2) is 0 Å². The SMILES string of the molecule is CCOc1ccccc1NC(=O)C(=O)N/N=C\c1sccc1C. The summed E-state index contributed by atoms with van der Waals surface area (Å²) >= 11 is 1.50. The van der Waals surface area contributed by atoms with Crippen LogP contribution in [0.2, 0.25) is 0 Å². The van der Waals surface area contributed by atoms with Gasteiger partial charge >= 0.3 is 11.8 Å². The monoisotopic (exact) mass is 331 g/mol. The Balaban J connectivity index is 1.94. The maximum atomic E-state index is 11.9. The van der Waals surface area contributed by atoms with E-state index < -0.39 is 11.8 Å². The predicted molar refractivity (Wildman–Crippen MR) is 91.0 cm³/mol. The number of carbonyl (C=O) groups is 2. The summed E-state index contributed by atoms with van der Waals surface area (Å²) in [6.45, 7) is 4.24. The van der Waals surface area contributed by atoms with Crippen LogP contribution in [0.3, 0.4) is 0 Å². The van der Waals surface area contributed by atoms with Gasteiger partial charge in [-0.15, -0.1) is 11.3 Å². The molecule has 0 saturated heterocycles. The lowest BCUT2D eigenvalue weighted by atomic mass is 10.3. The summed E-state index contributed by atoms with van der Waals surface area (Å²) < 4.78 is 5.39. The third kappa shape index (κ3) is 4.65. The van der Waals surface area contributed by atoms with Crippen molar-refractivity contribution in [2.24, 2.45) is 5.10 Å². The van der Waals surface area contributed by atoms with Gasteiger partial charge in [0.2, 0.25) is 0 Å². The first-order valence-electron chi connectivity index (χ1n) is 7.02. The number of hydrogen-bond donors (Lipinski definition) is 2. The number of para-hydroxylation sites is 2. The van der Waals surface area contributed by atoms with E-state index in [1.54, 1.807) is 24.3 Å². The Morgan fingerprint density at radius 2 is 2.04 bits per heavy atom. The van der Waals surface area contributed by atoms with Crippen LogP contribution in [0.1, 0.15) is 17.4 Å². The highest BCUT2D eigenvalue weighted by Crippen LogP contribution is 2.23. The molecule has 0 aliphatic heterocycles. The standard InChI is InChI=1S/C16H17N3O3S/c1-3-22-13-7-5-4-6-12(13)18-15(20)16(21)19-17-10-14-11(2)8-9-23-14/h4-10H,3H2,1-2H3,(H,18,20)(H,19,21)/b17-10-. The third-order valence-electron chi connectivity index (χ3n) is 2.89. The number of nitrogens with one attached hydrogen (secondary N) is 2. The molecule has 0 aliphatic rings. The average Bonchev–Trinajstić information content (AvgIpc) is 2.94. The van der Waals surface area contributed by atoms with Gasteiger partial charge in [0, 0.05) is 4.88 Å². The molecule has 0 atom stereocenters. The van der Waals surface area contributed by atoms with Crippen molar-refractivity contribution in [2.75, 3.05) is 11.9 Å². The predicted octanol–water partition coefficient (Wildman–Crippen LogP) is 2.54. The van der Waals surface area contributed by atoms with E-state index in [0.29, 0.717) is 18.0 Å². The lowest BCUT2D eigenvalue weighted by molar-refractivity contribution is -0.136. The Labute approximate surface area is 138 Å². The minimum Gasteiger partial charge on any atom is -0.492 e. The molecule has 1 aromatic heterocycles. The molecule has 0 aliphatic carbocycles. The minimum atomic E-state index is -0.846. The van der Waals surface area contributed by atoms with Crippen LogP contribution < -0.4 is 15.5 Å². The van der Waals surface area contributed by atoms with Gasteiger partial charge in [0.05, 0.1) is 18.5 Å². The fraction of sp³-hybridized carbons (Fsp3) is 0.188. The van der Waals surface area contributed by atoms with Crippen LogP contribution in [-0.4, -0.2) is 24.6 Å². The molecular weight excluding hydrogens is 314 g/mol. The van der Waals surface area contributed by atoms with E-state index in [2.05, 4.69) is 15.8 Å². The molecule has 0 unspecified atom stereocenters. The van der Waals surface area contributed by atoms with Crippen molar-refractivity contribution in [3.63, 3.8) is 0 Å². The lowest BCUT2D eigenvalue weighted by Gasteiger charge is -2.10. The van der Waals surface area contributed by atoms with Crippen LogP contribution in [0, 0.1) is 6.92 Å². The maximum absolute atomic E-state index is 11.9. The number of amides is 2. The Morgan fingerprint density at radius 3 is 2.74 bits per heavy atom. The molecule has 23 heavy (non-hydrogen) atoms. The smallest absolute Gasteiger partial charge is 0.329 e. The van der Waals surface area contributed by atoms with Crippen LogP contribution in [0.25, 0.3) is 0 Å². The summed E-state index contributed by atoms with van der Waals surface area (Å²) in [5.41, 5.74) is 3.70. The van der Waals surface area contributed by atoms with Crippen molar-refractivity contribution < 1.29 is 14.3 Å². The molecule has 0 spiro atoms.